The second-order valence-corrected chi connectivity index (χ2v) is 5.68. The van der Waals surface area contributed by atoms with Crippen LogP contribution < -0.4 is 5.32 Å². The smallest absolute Gasteiger partial charge is 0.306 e. The number of carboxylic acid groups (broad SMARTS) is 1. The molecule has 0 unspecified atom stereocenters. The van der Waals surface area contributed by atoms with Crippen molar-refractivity contribution < 1.29 is 23.5 Å². The molecule has 0 aromatic heterocycles. The molecule has 1 aliphatic carbocycles. The van der Waals surface area contributed by atoms with Gasteiger partial charge in [0.15, 0.2) is 0 Å². The number of nitrogens with one attached hydrogen (secondary N) is 1. The van der Waals surface area contributed by atoms with Gasteiger partial charge in [0.05, 0.1) is 5.92 Å². The Hall–Kier alpha value is -1.50. The summed E-state index contributed by atoms with van der Waals surface area (Å²) in [5, 5.41) is 11.3. The van der Waals surface area contributed by atoms with Gasteiger partial charge in [0.2, 0.25) is 0 Å². The molecule has 0 radical (unpaired) electrons. The van der Waals surface area contributed by atoms with Gasteiger partial charge < -0.3 is 10.4 Å². The van der Waals surface area contributed by atoms with E-state index in [-0.39, 0.29) is 16.9 Å². The molecule has 20 heavy (non-hydrogen) atoms. The first kappa shape index (κ1) is 14.9. The summed E-state index contributed by atoms with van der Waals surface area (Å²) >= 11 is 2.93. The molecule has 1 saturated carbocycles. The standard InChI is InChI=1S/C13H12BrF2NO3/c14-7-4-9(15)11(10(16)5-7)12(18)17-8-2-1-6(3-8)13(19)20/h4-6,8H,1-3H2,(H,17,18)(H,19,20)/t6-,8+/m1/s1. The summed E-state index contributed by atoms with van der Waals surface area (Å²) < 4.78 is 27.4. The van der Waals surface area contributed by atoms with Crippen molar-refractivity contribution in [3.8, 4) is 0 Å². The number of carbonyl (C=O) groups is 2. The Balaban J connectivity index is 2.08. The van der Waals surface area contributed by atoms with Crippen LogP contribution in [-0.2, 0) is 4.79 Å². The highest BCUT2D eigenvalue weighted by Gasteiger charge is 2.31. The zero-order chi connectivity index (χ0) is 14.9. The van der Waals surface area contributed by atoms with Gasteiger partial charge in [-0.1, -0.05) is 15.9 Å². The van der Waals surface area contributed by atoms with Gasteiger partial charge in [0.25, 0.3) is 5.91 Å². The second kappa shape index (κ2) is 5.87. The molecule has 1 amide bonds. The Morgan fingerprint density at radius 2 is 1.85 bits per heavy atom. The molecule has 7 heteroatoms. The highest BCUT2D eigenvalue weighted by atomic mass is 79.9. The average molecular weight is 348 g/mol. The number of benzene rings is 1. The molecule has 1 aromatic rings. The molecule has 1 aliphatic rings. The van der Waals surface area contributed by atoms with E-state index in [0.29, 0.717) is 12.8 Å². The lowest BCUT2D eigenvalue weighted by molar-refractivity contribution is -0.141. The molecule has 0 spiro atoms. The molecule has 4 nitrogen and oxygen atoms in total. The molecule has 1 fully saturated rings. The van der Waals surface area contributed by atoms with Gasteiger partial charge in [0, 0.05) is 10.5 Å². The summed E-state index contributed by atoms with van der Waals surface area (Å²) in [4.78, 5) is 22.7. The van der Waals surface area contributed by atoms with Gasteiger partial charge in [-0.05, 0) is 31.4 Å². The van der Waals surface area contributed by atoms with E-state index in [2.05, 4.69) is 21.2 Å². The number of halogens is 3. The van der Waals surface area contributed by atoms with Gasteiger partial charge in [-0.25, -0.2) is 8.78 Å². The minimum absolute atomic E-state index is 0.204. The van der Waals surface area contributed by atoms with Crippen LogP contribution in [0.1, 0.15) is 29.6 Å². The Labute approximate surface area is 122 Å². The SMILES string of the molecule is O=C(N[C@H]1CC[C@@H](C(=O)O)C1)c1c(F)cc(Br)cc1F. The van der Waals surface area contributed by atoms with Crippen LogP contribution >= 0.6 is 15.9 Å². The fourth-order valence-corrected chi connectivity index (χ4v) is 2.76. The first-order valence-corrected chi connectivity index (χ1v) is 6.86. The minimum Gasteiger partial charge on any atom is -0.481 e. The number of amides is 1. The number of hydrogen-bond acceptors (Lipinski definition) is 2. The normalized spacial score (nSPS) is 21.8. The predicted molar refractivity (Wildman–Crippen MR) is 70.3 cm³/mol. The van der Waals surface area contributed by atoms with Crippen LogP contribution in [0, 0.1) is 17.6 Å². The van der Waals surface area contributed by atoms with Crippen LogP contribution in [0.3, 0.4) is 0 Å². The van der Waals surface area contributed by atoms with Gasteiger partial charge in [0.1, 0.15) is 17.2 Å². The summed E-state index contributed by atoms with van der Waals surface area (Å²) in [6, 6.07) is 1.64. The van der Waals surface area contributed by atoms with E-state index in [9.17, 15) is 18.4 Å². The molecule has 0 aliphatic heterocycles. The molecule has 108 valence electrons. The lowest BCUT2D eigenvalue weighted by atomic mass is 10.1. The van der Waals surface area contributed by atoms with E-state index in [1.807, 2.05) is 0 Å². The third-order valence-electron chi connectivity index (χ3n) is 3.35. The summed E-state index contributed by atoms with van der Waals surface area (Å²) in [6.45, 7) is 0. The first-order valence-electron chi connectivity index (χ1n) is 6.06. The van der Waals surface area contributed by atoms with Crippen LogP contribution in [0.5, 0.6) is 0 Å². The Kier molecular flexibility index (Phi) is 4.37. The maximum Gasteiger partial charge on any atom is 0.306 e. The lowest BCUT2D eigenvalue weighted by Gasteiger charge is -2.13. The van der Waals surface area contributed by atoms with Crippen molar-refractivity contribution in [1.29, 1.82) is 0 Å². The highest BCUT2D eigenvalue weighted by Crippen LogP contribution is 2.26. The van der Waals surface area contributed by atoms with Crippen LogP contribution in [0.15, 0.2) is 16.6 Å². The first-order chi connectivity index (χ1) is 9.38. The fourth-order valence-electron chi connectivity index (χ4n) is 2.35. The van der Waals surface area contributed by atoms with Crippen molar-refractivity contribution in [2.24, 2.45) is 5.92 Å². The molecular formula is C13H12BrF2NO3. The summed E-state index contributed by atoms with van der Waals surface area (Å²) in [6.07, 6.45) is 1.22. The van der Waals surface area contributed by atoms with E-state index in [1.54, 1.807) is 0 Å². The van der Waals surface area contributed by atoms with E-state index in [1.165, 1.54) is 0 Å². The van der Waals surface area contributed by atoms with Crippen LogP contribution in [-0.4, -0.2) is 23.0 Å². The number of hydrogen-bond donors (Lipinski definition) is 2. The number of rotatable bonds is 3. The van der Waals surface area contributed by atoms with E-state index in [0.717, 1.165) is 12.1 Å². The molecule has 1 aromatic carbocycles. The molecule has 2 rings (SSSR count). The fraction of sp³-hybridized carbons (Fsp3) is 0.385. The average Bonchev–Trinajstić information content (AvgIpc) is 2.75. The third kappa shape index (κ3) is 3.15. The van der Waals surface area contributed by atoms with Crippen LogP contribution in [0.25, 0.3) is 0 Å². The molecule has 0 heterocycles. The van der Waals surface area contributed by atoms with Crippen molar-refractivity contribution in [3.05, 3.63) is 33.8 Å². The zero-order valence-electron chi connectivity index (χ0n) is 10.3. The van der Waals surface area contributed by atoms with E-state index >= 15 is 0 Å². The maximum atomic E-state index is 13.6. The molecule has 0 saturated heterocycles. The number of carbonyl (C=O) groups excluding carboxylic acids is 1. The second-order valence-electron chi connectivity index (χ2n) is 4.76. The van der Waals surface area contributed by atoms with Crippen LogP contribution in [0.2, 0.25) is 0 Å². The van der Waals surface area contributed by atoms with Gasteiger partial charge in [-0.15, -0.1) is 0 Å². The van der Waals surface area contributed by atoms with Crippen molar-refractivity contribution in [2.75, 3.05) is 0 Å². The molecule has 2 N–H and O–H groups in total. The van der Waals surface area contributed by atoms with Crippen molar-refractivity contribution in [3.63, 3.8) is 0 Å². The zero-order valence-corrected chi connectivity index (χ0v) is 11.9. The Bertz CT molecular complexity index is 542. The molecule has 0 bridgehead atoms. The quantitative estimate of drug-likeness (QED) is 0.883. The van der Waals surface area contributed by atoms with Crippen molar-refractivity contribution in [2.45, 2.75) is 25.3 Å². The van der Waals surface area contributed by atoms with E-state index < -0.39 is 35.0 Å². The van der Waals surface area contributed by atoms with E-state index in [4.69, 9.17) is 5.11 Å². The number of carboxylic acids is 1. The summed E-state index contributed by atoms with van der Waals surface area (Å²) in [5.41, 5.74) is -0.646. The molecule has 2 atom stereocenters. The monoisotopic (exact) mass is 347 g/mol. The topological polar surface area (TPSA) is 66.4 Å². The van der Waals surface area contributed by atoms with Crippen LogP contribution in [0.4, 0.5) is 8.78 Å². The van der Waals surface area contributed by atoms with Crippen molar-refractivity contribution in [1.82, 2.24) is 5.32 Å². The van der Waals surface area contributed by atoms with Gasteiger partial charge in [-0.2, -0.15) is 0 Å². The van der Waals surface area contributed by atoms with Gasteiger partial charge >= 0.3 is 5.97 Å². The highest BCUT2D eigenvalue weighted by molar-refractivity contribution is 9.10. The number of aliphatic carboxylic acids is 1. The Morgan fingerprint density at radius 3 is 2.35 bits per heavy atom. The minimum atomic E-state index is -0.956. The predicted octanol–water partition coefficient (Wildman–Crippen LogP) is 2.71. The van der Waals surface area contributed by atoms with Gasteiger partial charge in [-0.3, -0.25) is 9.59 Å². The third-order valence-corrected chi connectivity index (χ3v) is 3.81. The molecular weight excluding hydrogens is 336 g/mol. The lowest BCUT2D eigenvalue weighted by Crippen LogP contribution is -2.34. The Morgan fingerprint density at radius 1 is 1.25 bits per heavy atom. The largest absolute Gasteiger partial charge is 0.481 e. The maximum absolute atomic E-state index is 13.6. The van der Waals surface area contributed by atoms with Crippen molar-refractivity contribution >= 4 is 27.8 Å². The summed E-state index contributed by atoms with van der Waals surface area (Å²) in [7, 11) is 0. The summed E-state index contributed by atoms with van der Waals surface area (Å²) in [5.74, 6) is -4.20.